The zero-order valence-electron chi connectivity index (χ0n) is 11.5. The maximum atomic E-state index is 5.82. The van der Waals surface area contributed by atoms with Crippen LogP contribution in [0.15, 0.2) is 51.4 Å². The number of fused-ring (bicyclic) bond motifs is 1. The number of rotatable bonds is 3. The van der Waals surface area contributed by atoms with Gasteiger partial charge in [0.05, 0.1) is 6.54 Å². The van der Waals surface area contributed by atoms with Crippen LogP contribution in [0, 0.1) is 13.8 Å². The molecule has 1 aromatic heterocycles. The molecule has 0 aliphatic rings. The second-order valence-corrected chi connectivity index (χ2v) is 5.93. The van der Waals surface area contributed by atoms with Gasteiger partial charge in [0.25, 0.3) is 0 Å². The number of aryl methyl sites for hydroxylation is 2. The van der Waals surface area contributed by atoms with E-state index >= 15 is 0 Å². The molecule has 2 aromatic carbocycles. The van der Waals surface area contributed by atoms with Gasteiger partial charge in [0.2, 0.25) is 0 Å². The Kier molecular flexibility index (Phi) is 3.53. The first kappa shape index (κ1) is 13.3. The van der Waals surface area contributed by atoms with E-state index in [4.69, 9.17) is 4.42 Å². The van der Waals surface area contributed by atoms with E-state index in [0.29, 0.717) is 6.54 Å². The van der Waals surface area contributed by atoms with Crippen LogP contribution >= 0.6 is 15.9 Å². The molecule has 1 heterocycles. The molecule has 0 saturated heterocycles. The minimum atomic E-state index is 0.692. The van der Waals surface area contributed by atoms with Crippen LogP contribution in [0.4, 0.5) is 5.69 Å². The summed E-state index contributed by atoms with van der Waals surface area (Å²) in [5, 5.41) is 4.62. The molecule has 0 saturated carbocycles. The second-order valence-electron chi connectivity index (χ2n) is 5.02. The summed E-state index contributed by atoms with van der Waals surface area (Å²) in [5.41, 5.74) is 4.57. The van der Waals surface area contributed by atoms with Crippen LogP contribution in [-0.2, 0) is 6.54 Å². The maximum absolute atomic E-state index is 5.82. The molecular weight excluding hydrogens is 314 g/mol. The zero-order chi connectivity index (χ0) is 14.1. The van der Waals surface area contributed by atoms with Crippen LogP contribution in [0.5, 0.6) is 0 Å². The molecule has 0 unspecified atom stereocenters. The molecule has 3 heteroatoms. The molecule has 3 rings (SSSR count). The number of benzene rings is 2. The molecule has 1 N–H and O–H groups in total. The molecular formula is C17H16BrNO. The van der Waals surface area contributed by atoms with E-state index in [1.165, 1.54) is 16.8 Å². The van der Waals surface area contributed by atoms with Crippen LogP contribution in [-0.4, -0.2) is 0 Å². The Balaban J connectivity index is 1.83. The van der Waals surface area contributed by atoms with Gasteiger partial charge in [-0.05, 0) is 49.2 Å². The van der Waals surface area contributed by atoms with Gasteiger partial charge < -0.3 is 9.73 Å². The maximum Gasteiger partial charge on any atom is 0.134 e. The zero-order valence-corrected chi connectivity index (χ0v) is 13.1. The van der Waals surface area contributed by atoms with E-state index in [0.717, 1.165) is 21.2 Å². The fraction of sp³-hybridized carbons (Fsp3) is 0.176. The predicted octanol–water partition coefficient (Wildman–Crippen LogP) is 5.42. The summed E-state index contributed by atoms with van der Waals surface area (Å²) in [7, 11) is 0. The van der Waals surface area contributed by atoms with Crippen LogP contribution in [0.1, 0.15) is 16.9 Å². The van der Waals surface area contributed by atoms with Gasteiger partial charge >= 0.3 is 0 Å². The summed E-state index contributed by atoms with van der Waals surface area (Å²) in [6.07, 6.45) is 0. The third-order valence-electron chi connectivity index (χ3n) is 3.41. The predicted molar refractivity (Wildman–Crippen MR) is 87.2 cm³/mol. The first-order valence-electron chi connectivity index (χ1n) is 6.61. The Morgan fingerprint density at radius 3 is 2.45 bits per heavy atom. The Labute approximate surface area is 126 Å². The Hall–Kier alpha value is -1.74. The normalized spacial score (nSPS) is 10.9. The molecule has 0 spiro atoms. The first-order chi connectivity index (χ1) is 9.63. The fourth-order valence-corrected chi connectivity index (χ4v) is 3.18. The molecule has 102 valence electrons. The van der Waals surface area contributed by atoms with Crippen molar-refractivity contribution in [3.8, 4) is 0 Å². The Morgan fingerprint density at radius 1 is 1.05 bits per heavy atom. The number of nitrogens with one attached hydrogen (secondary N) is 1. The van der Waals surface area contributed by atoms with E-state index in [2.05, 4.69) is 59.4 Å². The van der Waals surface area contributed by atoms with Crippen LogP contribution < -0.4 is 5.32 Å². The van der Waals surface area contributed by atoms with Gasteiger partial charge in [0, 0.05) is 15.5 Å². The van der Waals surface area contributed by atoms with Gasteiger partial charge in [-0.25, -0.2) is 0 Å². The molecule has 2 nitrogen and oxygen atoms in total. The van der Waals surface area contributed by atoms with Crippen molar-refractivity contribution in [1.29, 1.82) is 0 Å². The molecule has 0 radical (unpaired) electrons. The number of furan rings is 1. The summed E-state index contributed by atoms with van der Waals surface area (Å²) in [4.78, 5) is 0. The Bertz CT molecular complexity index is 705. The minimum absolute atomic E-state index is 0.692. The number of hydrogen-bond acceptors (Lipinski definition) is 2. The van der Waals surface area contributed by atoms with Gasteiger partial charge in [-0.2, -0.15) is 0 Å². The summed E-state index contributed by atoms with van der Waals surface area (Å²) in [5.74, 6) is 0.952. The van der Waals surface area contributed by atoms with E-state index in [1.54, 1.807) is 0 Å². The number of hydrogen-bond donors (Lipinski definition) is 1. The van der Waals surface area contributed by atoms with Crippen molar-refractivity contribution < 1.29 is 4.42 Å². The van der Waals surface area contributed by atoms with Crippen molar-refractivity contribution in [2.24, 2.45) is 0 Å². The molecule has 0 fully saturated rings. The summed E-state index contributed by atoms with van der Waals surface area (Å²) < 4.78 is 6.93. The third kappa shape index (κ3) is 2.59. The lowest BCUT2D eigenvalue weighted by Gasteiger charge is -2.12. The highest BCUT2D eigenvalue weighted by molar-refractivity contribution is 9.10. The van der Waals surface area contributed by atoms with Crippen LogP contribution in [0.2, 0.25) is 0 Å². The largest absolute Gasteiger partial charge is 0.459 e. The van der Waals surface area contributed by atoms with E-state index in [-0.39, 0.29) is 0 Å². The van der Waals surface area contributed by atoms with Crippen molar-refractivity contribution >= 4 is 32.6 Å². The summed E-state index contributed by atoms with van der Waals surface area (Å²) in [6.45, 7) is 4.91. The lowest BCUT2D eigenvalue weighted by Crippen LogP contribution is -2.02. The highest BCUT2D eigenvalue weighted by Crippen LogP contribution is 2.26. The van der Waals surface area contributed by atoms with E-state index < -0.39 is 0 Å². The van der Waals surface area contributed by atoms with Gasteiger partial charge in [-0.15, -0.1) is 0 Å². The first-order valence-corrected chi connectivity index (χ1v) is 7.41. The highest BCUT2D eigenvalue weighted by Gasteiger charge is 2.06. The van der Waals surface area contributed by atoms with Gasteiger partial charge in [0.1, 0.15) is 11.3 Å². The second kappa shape index (κ2) is 5.33. The SMILES string of the molecule is Cc1cc(Br)cc(C)c1NCc1cc2ccccc2o1. The highest BCUT2D eigenvalue weighted by atomic mass is 79.9. The van der Waals surface area contributed by atoms with Crippen LogP contribution in [0.25, 0.3) is 11.0 Å². The molecule has 0 amide bonds. The molecule has 0 aliphatic carbocycles. The topological polar surface area (TPSA) is 25.2 Å². The van der Waals surface area contributed by atoms with Crippen molar-refractivity contribution in [1.82, 2.24) is 0 Å². The van der Waals surface area contributed by atoms with Crippen LogP contribution in [0.3, 0.4) is 0 Å². The van der Waals surface area contributed by atoms with Crippen molar-refractivity contribution in [3.05, 3.63) is 63.8 Å². The monoisotopic (exact) mass is 329 g/mol. The molecule has 0 bridgehead atoms. The number of halogens is 1. The fourth-order valence-electron chi connectivity index (χ4n) is 2.49. The average Bonchev–Trinajstić information content (AvgIpc) is 2.80. The third-order valence-corrected chi connectivity index (χ3v) is 3.87. The van der Waals surface area contributed by atoms with E-state index in [9.17, 15) is 0 Å². The van der Waals surface area contributed by atoms with Crippen molar-refractivity contribution in [2.75, 3.05) is 5.32 Å². The van der Waals surface area contributed by atoms with Crippen molar-refractivity contribution in [3.63, 3.8) is 0 Å². The quantitative estimate of drug-likeness (QED) is 0.693. The average molecular weight is 330 g/mol. The Morgan fingerprint density at radius 2 is 1.75 bits per heavy atom. The number of para-hydroxylation sites is 1. The number of anilines is 1. The standard InChI is InChI=1S/C17H16BrNO/c1-11-7-14(18)8-12(2)17(11)19-10-15-9-13-5-3-4-6-16(13)20-15/h3-9,19H,10H2,1-2H3. The summed E-state index contributed by atoms with van der Waals surface area (Å²) >= 11 is 3.52. The molecule has 3 aromatic rings. The van der Waals surface area contributed by atoms with Gasteiger partial charge in [-0.1, -0.05) is 34.1 Å². The van der Waals surface area contributed by atoms with E-state index in [1.807, 2.05) is 18.2 Å². The smallest absolute Gasteiger partial charge is 0.134 e. The molecule has 20 heavy (non-hydrogen) atoms. The summed E-state index contributed by atoms with van der Waals surface area (Å²) in [6, 6.07) is 14.4. The van der Waals surface area contributed by atoms with Crippen molar-refractivity contribution in [2.45, 2.75) is 20.4 Å². The van der Waals surface area contributed by atoms with Gasteiger partial charge in [-0.3, -0.25) is 0 Å². The molecule has 0 aliphatic heterocycles. The lowest BCUT2D eigenvalue weighted by atomic mass is 10.1. The van der Waals surface area contributed by atoms with Gasteiger partial charge in [0.15, 0.2) is 0 Å². The minimum Gasteiger partial charge on any atom is -0.459 e. The lowest BCUT2D eigenvalue weighted by molar-refractivity contribution is 0.559. The molecule has 0 atom stereocenters.